The molecule has 0 atom stereocenters. The molecule has 118 valence electrons. The van der Waals surface area contributed by atoms with Crippen molar-refractivity contribution in [1.82, 2.24) is 10.3 Å². The first-order valence-corrected chi connectivity index (χ1v) is 7.49. The van der Waals surface area contributed by atoms with Crippen LogP contribution in [0.4, 0.5) is 0 Å². The molecule has 1 heterocycles. The van der Waals surface area contributed by atoms with Gasteiger partial charge in [0, 0.05) is 6.54 Å². The topological polar surface area (TPSA) is 64.4 Å². The summed E-state index contributed by atoms with van der Waals surface area (Å²) >= 11 is 0. The largest absolute Gasteiger partial charge is 0.484 e. The number of hydrogen-bond acceptors (Lipinski definition) is 4. The molecule has 0 saturated carbocycles. The number of nitrogens with one attached hydrogen (secondary N) is 1. The van der Waals surface area contributed by atoms with E-state index in [2.05, 4.69) is 10.3 Å². The molecule has 0 aliphatic rings. The van der Waals surface area contributed by atoms with Crippen LogP contribution >= 0.6 is 0 Å². The predicted molar refractivity (Wildman–Crippen MR) is 87.4 cm³/mol. The second-order valence-corrected chi connectivity index (χ2v) is 5.36. The van der Waals surface area contributed by atoms with Crippen LogP contribution in [0.25, 0.3) is 11.1 Å². The van der Waals surface area contributed by atoms with Crippen LogP contribution in [-0.2, 0) is 11.2 Å². The van der Waals surface area contributed by atoms with Gasteiger partial charge in [0.05, 0.1) is 0 Å². The van der Waals surface area contributed by atoms with Crippen molar-refractivity contribution in [1.29, 1.82) is 0 Å². The number of aryl methyl sites for hydroxylation is 1. The van der Waals surface area contributed by atoms with E-state index < -0.39 is 0 Å². The zero-order valence-corrected chi connectivity index (χ0v) is 12.9. The van der Waals surface area contributed by atoms with Crippen molar-refractivity contribution >= 4 is 17.0 Å². The van der Waals surface area contributed by atoms with E-state index in [4.69, 9.17) is 9.15 Å². The van der Waals surface area contributed by atoms with Crippen molar-refractivity contribution in [2.45, 2.75) is 13.3 Å². The van der Waals surface area contributed by atoms with Crippen molar-refractivity contribution in [3.63, 3.8) is 0 Å². The number of nitrogens with zero attached hydrogens (tertiary/aromatic N) is 1. The smallest absolute Gasteiger partial charge is 0.257 e. The lowest BCUT2D eigenvalue weighted by molar-refractivity contribution is -0.123. The van der Waals surface area contributed by atoms with Crippen LogP contribution in [-0.4, -0.2) is 24.0 Å². The Morgan fingerprint density at radius 1 is 1.22 bits per heavy atom. The van der Waals surface area contributed by atoms with Gasteiger partial charge in [0.15, 0.2) is 18.6 Å². The fourth-order valence-corrected chi connectivity index (χ4v) is 2.24. The van der Waals surface area contributed by atoms with Crippen molar-refractivity contribution < 1.29 is 13.9 Å². The number of amides is 1. The number of hydrogen-bond donors (Lipinski definition) is 1. The van der Waals surface area contributed by atoms with E-state index in [0.717, 1.165) is 28.6 Å². The van der Waals surface area contributed by atoms with Gasteiger partial charge in [-0.15, -0.1) is 0 Å². The Bertz CT molecular complexity index is 793. The van der Waals surface area contributed by atoms with Gasteiger partial charge in [-0.25, -0.2) is 4.98 Å². The zero-order chi connectivity index (χ0) is 16.1. The van der Waals surface area contributed by atoms with Gasteiger partial charge in [0.25, 0.3) is 5.91 Å². The fourth-order valence-electron chi connectivity index (χ4n) is 2.24. The molecule has 5 nitrogen and oxygen atoms in total. The number of fused-ring (bicyclic) bond motifs is 1. The molecule has 0 spiro atoms. The number of rotatable bonds is 6. The second-order valence-electron chi connectivity index (χ2n) is 5.36. The predicted octanol–water partition coefficient (Wildman–Crippen LogP) is 2.87. The summed E-state index contributed by atoms with van der Waals surface area (Å²) in [6, 6.07) is 13.4. The first kappa shape index (κ1) is 15.1. The summed E-state index contributed by atoms with van der Waals surface area (Å²) in [6.45, 7) is 2.58. The molecular formula is C18H18N2O3. The van der Waals surface area contributed by atoms with Crippen LogP contribution in [0.5, 0.6) is 5.75 Å². The highest BCUT2D eigenvalue weighted by Gasteiger charge is 2.04. The van der Waals surface area contributed by atoms with Gasteiger partial charge in [0.2, 0.25) is 0 Å². The number of benzene rings is 2. The Kier molecular flexibility index (Phi) is 4.57. The molecule has 0 aliphatic carbocycles. The molecule has 0 fully saturated rings. The highest BCUT2D eigenvalue weighted by molar-refractivity contribution is 5.77. The number of carbonyl (C=O) groups is 1. The minimum Gasteiger partial charge on any atom is -0.484 e. The Balaban J connectivity index is 1.42. The molecule has 0 radical (unpaired) electrons. The first-order chi connectivity index (χ1) is 11.2. The molecule has 3 aromatic rings. The molecule has 1 N–H and O–H groups in total. The van der Waals surface area contributed by atoms with E-state index in [0.29, 0.717) is 12.3 Å². The molecule has 1 amide bonds. The van der Waals surface area contributed by atoms with Gasteiger partial charge in [-0.3, -0.25) is 4.79 Å². The summed E-state index contributed by atoms with van der Waals surface area (Å²) in [5.74, 6) is 0.565. The van der Waals surface area contributed by atoms with Crippen LogP contribution in [0.15, 0.2) is 53.3 Å². The minimum absolute atomic E-state index is 0.0192. The third-order valence-corrected chi connectivity index (χ3v) is 3.52. The number of oxazole rings is 1. The summed E-state index contributed by atoms with van der Waals surface area (Å²) in [5, 5.41) is 2.85. The average molecular weight is 310 g/mol. The second kappa shape index (κ2) is 6.96. The highest BCUT2D eigenvalue weighted by Crippen LogP contribution is 2.14. The minimum atomic E-state index is -0.131. The van der Waals surface area contributed by atoms with Gasteiger partial charge in [-0.2, -0.15) is 0 Å². The molecule has 5 heteroatoms. The number of aromatic nitrogens is 1. The van der Waals surface area contributed by atoms with Gasteiger partial charge in [-0.1, -0.05) is 23.8 Å². The molecule has 0 unspecified atom stereocenters. The van der Waals surface area contributed by atoms with E-state index in [1.165, 1.54) is 6.39 Å². The van der Waals surface area contributed by atoms with Gasteiger partial charge < -0.3 is 14.5 Å². The summed E-state index contributed by atoms with van der Waals surface area (Å²) in [4.78, 5) is 15.9. The van der Waals surface area contributed by atoms with E-state index in [1.807, 2.05) is 49.4 Å². The Morgan fingerprint density at radius 2 is 2.04 bits per heavy atom. The Hall–Kier alpha value is -2.82. The highest BCUT2D eigenvalue weighted by atomic mass is 16.5. The van der Waals surface area contributed by atoms with Gasteiger partial charge in [0.1, 0.15) is 11.3 Å². The molecular weight excluding hydrogens is 292 g/mol. The molecule has 0 saturated heterocycles. The summed E-state index contributed by atoms with van der Waals surface area (Å²) in [5.41, 5.74) is 3.86. The lowest BCUT2D eigenvalue weighted by Gasteiger charge is -2.08. The van der Waals surface area contributed by atoms with Crippen molar-refractivity contribution in [3.05, 3.63) is 60.0 Å². The third kappa shape index (κ3) is 4.10. The molecule has 0 bridgehead atoms. The van der Waals surface area contributed by atoms with Crippen molar-refractivity contribution in [2.24, 2.45) is 0 Å². The fraction of sp³-hybridized carbons (Fsp3) is 0.222. The number of carbonyl (C=O) groups excluding carboxylic acids is 1. The Morgan fingerprint density at radius 3 is 2.87 bits per heavy atom. The van der Waals surface area contributed by atoms with E-state index in [9.17, 15) is 4.79 Å². The molecule has 2 aromatic carbocycles. The monoisotopic (exact) mass is 310 g/mol. The average Bonchev–Trinajstić information content (AvgIpc) is 3.02. The van der Waals surface area contributed by atoms with E-state index in [-0.39, 0.29) is 12.5 Å². The number of ether oxygens (including phenoxy) is 1. The van der Waals surface area contributed by atoms with Crippen LogP contribution in [0.2, 0.25) is 0 Å². The maximum atomic E-state index is 11.8. The molecule has 0 aliphatic heterocycles. The summed E-state index contributed by atoms with van der Waals surface area (Å²) < 4.78 is 10.6. The third-order valence-electron chi connectivity index (χ3n) is 3.52. The summed E-state index contributed by atoms with van der Waals surface area (Å²) in [7, 11) is 0. The van der Waals surface area contributed by atoms with E-state index >= 15 is 0 Å². The summed E-state index contributed by atoms with van der Waals surface area (Å²) in [6.07, 6.45) is 2.16. The van der Waals surface area contributed by atoms with Crippen LogP contribution in [0, 0.1) is 6.92 Å². The quantitative estimate of drug-likeness (QED) is 0.760. The van der Waals surface area contributed by atoms with Crippen LogP contribution in [0.1, 0.15) is 11.1 Å². The van der Waals surface area contributed by atoms with Gasteiger partial charge >= 0.3 is 0 Å². The standard InChI is InChI=1S/C18H18N2O3/c1-13-2-5-15(6-3-13)22-11-18(21)19-9-8-14-4-7-17-16(10-14)20-12-23-17/h2-7,10,12H,8-9,11H2,1H3,(H,19,21). The zero-order valence-electron chi connectivity index (χ0n) is 12.9. The maximum Gasteiger partial charge on any atom is 0.257 e. The molecule has 3 rings (SSSR count). The Labute approximate surface area is 134 Å². The lowest BCUT2D eigenvalue weighted by atomic mass is 10.1. The van der Waals surface area contributed by atoms with Gasteiger partial charge in [-0.05, 0) is 43.2 Å². The SMILES string of the molecule is Cc1ccc(OCC(=O)NCCc2ccc3ocnc3c2)cc1. The van der Waals surface area contributed by atoms with Crippen LogP contribution in [0.3, 0.4) is 0 Å². The molecule has 1 aromatic heterocycles. The maximum absolute atomic E-state index is 11.8. The molecule has 23 heavy (non-hydrogen) atoms. The van der Waals surface area contributed by atoms with Crippen LogP contribution < -0.4 is 10.1 Å². The normalized spacial score (nSPS) is 10.7. The van der Waals surface area contributed by atoms with E-state index in [1.54, 1.807) is 0 Å². The van der Waals surface area contributed by atoms with Crippen molar-refractivity contribution in [2.75, 3.05) is 13.2 Å². The first-order valence-electron chi connectivity index (χ1n) is 7.49. The van der Waals surface area contributed by atoms with Crippen molar-refractivity contribution in [3.8, 4) is 5.75 Å². The lowest BCUT2D eigenvalue weighted by Crippen LogP contribution is -2.30.